The average Bonchev–Trinajstić information content (AvgIpc) is 3.26. The van der Waals surface area contributed by atoms with E-state index in [1.165, 1.54) is 29.3 Å². The molecule has 0 fully saturated rings. The number of benzene rings is 2. The second-order valence-electron chi connectivity index (χ2n) is 8.31. The average molecular weight is 539 g/mol. The fourth-order valence-electron chi connectivity index (χ4n) is 3.86. The van der Waals surface area contributed by atoms with Gasteiger partial charge in [-0.2, -0.15) is 18.3 Å². The number of halogens is 4. The Morgan fingerprint density at radius 1 is 1.05 bits per heavy atom. The van der Waals surface area contributed by atoms with Gasteiger partial charge in [0.2, 0.25) is 0 Å². The van der Waals surface area contributed by atoms with Crippen molar-refractivity contribution in [3.05, 3.63) is 94.9 Å². The van der Waals surface area contributed by atoms with Gasteiger partial charge in [0.25, 0.3) is 5.91 Å². The highest BCUT2D eigenvalue weighted by Gasteiger charge is 2.36. The van der Waals surface area contributed by atoms with Gasteiger partial charge in [0, 0.05) is 29.7 Å². The van der Waals surface area contributed by atoms with Crippen LogP contribution in [0.25, 0.3) is 28.1 Å². The first-order chi connectivity index (χ1) is 18.1. The third-order valence-corrected chi connectivity index (χ3v) is 6.02. The summed E-state index contributed by atoms with van der Waals surface area (Å²) < 4.78 is 42.9. The number of fused-ring (bicyclic) bond motifs is 1. The van der Waals surface area contributed by atoms with Crippen molar-refractivity contribution in [3.63, 3.8) is 0 Å². The van der Waals surface area contributed by atoms with Crippen molar-refractivity contribution >= 4 is 34.4 Å². The van der Waals surface area contributed by atoms with Crippen LogP contribution in [0.4, 0.5) is 19.0 Å². The van der Waals surface area contributed by atoms with Crippen molar-refractivity contribution in [2.24, 2.45) is 0 Å². The van der Waals surface area contributed by atoms with E-state index in [0.29, 0.717) is 28.4 Å². The van der Waals surface area contributed by atoms with E-state index in [-0.39, 0.29) is 17.2 Å². The number of aromatic nitrogens is 5. The fraction of sp³-hybridized carbons (Fsp3) is 0.115. The molecule has 0 aliphatic carbocycles. The third-order valence-electron chi connectivity index (χ3n) is 5.71. The largest absolute Gasteiger partial charge is 0.417 e. The predicted molar refractivity (Wildman–Crippen MR) is 135 cm³/mol. The zero-order valence-electron chi connectivity index (χ0n) is 19.6. The molecule has 0 aliphatic heterocycles. The second-order valence-corrected chi connectivity index (χ2v) is 8.72. The smallest absolute Gasteiger partial charge is 0.389 e. The van der Waals surface area contributed by atoms with Gasteiger partial charge in [0.15, 0.2) is 11.6 Å². The predicted octanol–water partition coefficient (Wildman–Crippen LogP) is 5.86. The monoisotopic (exact) mass is 538 g/mol. The topological polar surface area (TPSA) is 106 Å². The number of nitrogens with zero attached hydrogens (tertiary/aromatic N) is 5. The molecule has 38 heavy (non-hydrogen) atoms. The van der Waals surface area contributed by atoms with Crippen LogP contribution in [0.1, 0.15) is 34.5 Å². The molecule has 1 amide bonds. The highest BCUT2D eigenvalue weighted by molar-refractivity contribution is 6.34. The number of aliphatic hydroxyl groups excluding tert-OH is 1. The van der Waals surface area contributed by atoms with Gasteiger partial charge >= 0.3 is 6.18 Å². The number of hydrogen-bond acceptors (Lipinski definition) is 6. The number of pyridine rings is 1. The molecule has 0 spiro atoms. The number of para-hydroxylation sites is 1. The lowest BCUT2D eigenvalue weighted by atomic mass is 10.0. The van der Waals surface area contributed by atoms with Gasteiger partial charge in [-0.25, -0.2) is 14.6 Å². The molecule has 2 N–H and O–H groups in total. The summed E-state index contributed by atoms with van der Waals surface area (Å²) in [6.45, 7) is 1.58. The van der Waals surface area contributed by atoms with Crippen LogP contribution in [0, 0.1) is 0 Å². The quantitative estimate of drug-likeness (QED) is 0.290. The Morgan fingerprint density at radius 3 is 2.42 bits per heavy atom. The van der Waals surface area contributed by atoms with Crippen LogP contribution in [0.5, 0.6) is 0 Å². The molecule has 12 heteroatoms. The Balaban J connectivity index is 1.63. The molecule has 0 unspecified atom stereocenters. The van der Waals surface area contributed by atoms with Crippen molar-refractivity contribution in [3.8, 4) is 17.1 Å². The minimum Gasteiger partial charge on any atom is -0.389 e. The van der Waals surface area contributed by atoms with Gasteiger partial charge in [-0.1, -0.05) is 29.8 Å². The lowest BCUT2D eigenvalue weighted by Gasteiger charge is -2.15. The number of nitrogens with one attached hydrogen (secondary N) is 1. The summed E-state index contributed by atoms with van der Waals surface area (Å²) in [5.74, 6) is -0.833. The summed E-state index contributed by atoms with van der Waals surface area (Å²) in [4.78, 5) is 25.7. The lowest BCUT2D eigenvalue weighted by Crippen LogP contribution is -2.17. The molecule has 3 heterocycles. The van der Waals surface area contributed by atoms with Crippen LogP contribution in [-0.4, -0.2) is 35.7 Å². The number of rotatable bonds is 5. The molecule has 2 aromatic carbocycles. The number of carbonyl (C=O) groups is 1. The standard InChI is InChI=1S/C26H18ClF3N6O2/c1-14(37)15-10-21-22(33-13-15)24(36(35-21)16-6-3-2-4-7-16)34-25(38)18-11-17(23-31-8-5-9-32-23)19(12-20(18)27)26(28,29)30/h2-14,37H,1H3,(H,34,38)/t14-/m0/s1. The summed E-state index contributed by atoms with van der Waals surface area (Å²) in [7, 11) is 0. The maximum Gasteiger partial charge on any atom is 0.417 e. The molecule has 192 valence electrons. The summed E-state index contributed by atoms with van der Waals surface area (Å²) >= 11 is 6.19. The number of anilines is 1. The first-order valence-electron chi connectivity index (χ1n) is 11.2. The molecule has 8 nitrogen and oxygen atoms in total. The summed E-state index contributed by atoms with van der Waals surface area (Å²) in [6, 6.07) is 13.7. The zero-order valence-corrected chi connectivity index (χ0v) is 20.4. The van der Waals surface area contributed by atoms with Gasteiger partial charge in [-0.3, -0.25) is 9.78 Å². The number of alkyl halides is 3. The van der Waals surface area contributed by atoms with Crippen molar-refractivity contribution in [1.82, 2.24) is 24.7 Å². The minimum absolute atomic E-state index is 0.168. The van der Waals surface area contributed by atoms with Crippen molar-refractivity contribution in [2.45, 2.75) is 19.2 Å². The van der Waals surface area contributed by atoms with Gasteiger partial charge in [-0.15, -0.1) is 0 Å². The molecule has 5 aromatic rings. The first-order valence-corrected chi connectivity index (χ1v) is 11.6. The normalized spacial score (nSPS) is 12.5. The molecule has 5 rings (SSSR count). The van der Waals surface area contributed by atoms with Crippen LogP contribution < -0.4 is 5.32 Å². The zero-order chi connectivity index (χ0) is 27.0. The van der Waals surface area contributed by atoms with E-state index in [2.05, 4.69) is 25.4 Å². The minimum atomic E-state index is -4.76. The first kappa shape index (κ1) is 25.3. The van der Waals surface area contributed by atoms with Crippen molar-refractivity contribution in [1.29, 1.82) is 0 Å². The Hall–Kier alpha value is -4.35. The molecule has 0 saturated carbocycles. The van der Waals surface area contributed by atoms with E-state index in [9.17, 15) is 23.1 Å². The number of hydrogen-bond donors (Lipinski definition) is 2. The molecular weight excluding hydrogens is 521 g/mol. The van der Waals surface area contributed by atoms with Crippen LogP contribution in [0.15, 0.2) is 73.2 Å². The SMILES string of the molecule is C[C@H](O)c1cnc2c(NC(=O)c3cc(-c4ncccn4)c(C(F)(F)F)cc3Cl)n(-c3ccccc3)nc2c1. The fourth-order valence-corrected chi connectivity index (χ4v) is 4.11. The van der Waals surface area contributed by atoms with E-state index in [1.54, 1.807) is 37.3 Å². The van der Waals surface area contributed by atoms with E-state index in [4.69, 9.17) is 11.6 Å². The van der Waals surface area contributed by atoms with E-state index in [1.807, 2.05) is 6.07 Å². The lowest BCUT2D eigenvalue weighted by molar-refractivity contribution is -0.137. The van der Waals surface area contributed by atoms with E-state index in [0.717, 1.165) is 6.07 Å². The van der Waals surface area contributed by atoms with Crippen LogP contribution in [0.3, 0.4) is 0 Å². The molecule has 0 aliphatic rings. The maximum absolute atomic E-state index is 13.8. The number of amides is 1. The van der Waals surface area contributed by atoms with E-state index >= 15 is 0 Å². The summed E-state index contributed by atoms with van der Waals surface area (Å²) in [5.41, 5.74) is 0.117. The molecule has 0 bridgehead atoms. The van der Waals surface area contributed by atoms with Crippen molar-refractivity contribution in [2.75, 3.05) is 5.32 Å². The third kappa shape index (κ3) is 4.81. The molecule has 0 radical (unpaired) electrons. The number of aliphatic hydroxyl groups is 1. The molecule has 3 aromatic heterocycles. The Labute approximate surface area is 218 Å². The second kappa shape index (κ2) is 9.84. The van der Waals surface area contributed by atoms with E-state index < -0.39 is 34.3 Å². The Morgan fingerprint density at radius 2 is 1.76 bits per heavy atom. The van der Waals surface area contributed by atoms with Crippen LogP contribution in [0.2, 0.25) is 5.02 Å². The van der Waals surface area contributed by atoms with Gasteiger partial charge in [-0.05, 0) is 43.3 Å². The molecular formula is C26H18ClF3N6O2. The Bertz CT molecular complexity index is 1640. The summed E-state index contributed by atoms with van der Waals surface area (Å²) in [5, 5.41) is 16.8. The van der Waals surface area contributed by atoms with Gasteiger partial charge in [0.05, 0.1) is 27.9 Å². The number of carbonyl (C=O) groups excluding carboxylic acids is 1. The Kier molecular flexibility index (Phi) is 6.55. The van der Waals surface area contributed by atoms with Crippen LogP contribution in [-0.2, 0) is 6.18 Å². The maximum atomic E-state index is 13.8. The molecule has 0 saturated heterocycles. The van der Waals surface area contributed by atoms with Gasteiger partial charge < -0.3 is 10.4 Å². The highest BCUT2D eigenvalue weighted by atomic mass is 35.5. The summed E-state index contributed by atoms with van der Waals surface area (Å²) in [6.07, 6.45) is -1.50. The van der Waals surface area contributed by atoms with Crippen LogP contribution >= 0.6 is 11.6 Å². The van der Waals surface area contributed by atoms with Crippen molar-refractivity contribution < 1.29 is 23.1 Å². The highest BCUT2D eigenvalue weighted by Crippen LogP contribution is 2.39. The van der Waals surface area contributed by atoms with Gasteiger partial charge in [0.1, 0.15) is 11.0 Å². The molecule has 1 atom stereocenters.